The molecule has 1 aromatic heterocycles. The van der Waals surface area contributed by atoms with Crippen LogP contribution >= 0.6 is 12.2 Å². The Morgan fingerprint density at radius 2 is 2.07 bits per heavy atom. The molecule has 0 bridgehead atoms. The molecule has 2 unspecified atom stereocenters. The van der Waals surface area contributed by atoms with E-state index in [1.54, 1.807) is 7.11 Å². The SMILES string of the molecule is COc1ccc(C2C(CNC(=O)c3cc(F)cc4[nH]c(=S)[nH]c34)CCCN2C)cc1. The topological polar surface area (TPSA) is 73.1 Å². The van der Waals surface area contributed by atoms with Crippen molar-refractivity contribution in [1.29, 1.82) is 0 Å². The number of nitrogens with one attached hydrogen (secondary N) is 3. The summed E-state index contributed by atoms with van der Waals surface area (Å²) in [5.41, 5.74) is 2.45. The summed E-state index contributed by atoms with van der Waals surface area (Å²) in [5, 5.41) is 3.02. The molecule has 0 spiro atoms. The van der Waals surface area contributed by atoms with Gasteiger partial charge < -0.3 is 20.0 Å². The fourth-order valence-corrected chi connectivity index (χ4v) is 4.62. The highest BCUT2D eigenvalue weighted by Gasteiger charge is 2.31. The number of aromatic nitrogens is 2. The Labute approximate surface area is 179 Å². The maximum Gasteiger partial charge on any atom is 0.253 e. The van der Waals surface area contributed by atoms with Crippen LogP contribution in [0.1, 0.15) is 34.8 Å². The Hall–Kier alpha value is -2.71. The molecule has 30 heavy (non-hydrogen) atoms. The van der Waals surface area contributed by atoms with Crippen LogP contribution in [0.25, 0.3) is 11.0 Å². The number of hydrogen-bond donors (Lipinski definition) is 3. The number of piperidine rings is 1. The lowest BCUT2D eigenvalue weighted by Crippen LogP contribution is -2.41. The van der Waals surface area contributed by atoms with Crippen LogP contribution in [0.15, 0.2) is 36.4 Å². The molecule has 158 valence electrons. The lowest BCUT2D eigenvalue weighted by molar-refractivity contribution is 0.0892. The van der Waals surface area contributed by atoms with E-state index >= 15 is 0 Å². The summed E-state index contributed by atoms with van der Waals surface area (Å²) < 4.78 is 19.6. The first-order chi connectivity index (χ1) is 14.5. The molecule has 8 heteroatoms. The Balaban J connectivity index is 1.54. The second-order valence-corrected chi connectivity index (χ2v) is 8.17. The van der Waals surface area contributed by atoms with Crippen LogP contribution < -0.4 is 10.1 Å². The summed E-state index contributed by atoms with van der Waals surface area (Å²) in [5.74, 6) is 0.272. The number of imidazole rings is 1. The Kier molecular flexibility index (Phi) is 5.87. The molecule has 2 atom stereocenters. The second kappa shape index (κ2) is 8.57. The largest absolute Gasteiger partial charge is 0.497 e. The Morgan fingerprint density at radius 3 is 2.80 bits per heavy atom. The molecular formula is C22H25FN4O2S. The molecule has 2 aromatic carbocycles. The van der Waals surface area contributed by atoms with E-state index in [0.29, 0.717) is 22.3 Å². The fraction of sp³-hybridized carbons (Fsp3) is 0.364. The van der Waals surface area contributed by atoms with Gasteiger partial charge in [-0.1, -0.05) is 12.1 Å². The molecule has 3 N–H and O–H groups in total. The van der Waals surface area contributed by atoms with Crippen molar-refractivity contribution < 1.29 is 13.9 Å². The summed E-state index contributed by atoms with van der Waals surface area (Å²) in [6, 6.07) is 10.8. The van der Waals surface area contributed by atoms with Crippen molar-refractivity contribution in [1.82, 2.24) is 20.2 Å². The number of nitrogens with zero attached hydrogens (tertiary/aromatic N) is 1. The minimum absolute atomic E-state index is 0.190. The molecule has 1 saturated heterocycles. The van der Waals surface area contributed by atoms with Crippen molar-refractivity contribution in [2.24, 2.45) is 5.92 Å². The van der Waals surface area contributed by atoms with Gasteiger partial charge in [0.25, 0.3) is 5.91 Å². The van der Waals surface area contributed by atoms with Crippen molar-refractivity contribution in [3.8, 4) is 5.75 Å². The normalized spacial score (nSPS) is 19.7. The van der Waals surface area contributed by atoms with Gasteiger partial charge in [-0.05, 0) is 74.4 Å². The summed E-state index contributed by atoms with van der Waals surface area (Å²) >= 11 is 5.09. The number of H-pyrrole nitrogens is 2. The molecular weight excluding hydrogens is 403 g/mol. The first-order valence-corrected chi connectivity index (χ1v) is 10.4. The van der Waals surface area contributed by atoms with Crippen molar-refractivity contribution in [2.75, 3.05) is 27.2 Å². The Morgan fingerprint density at radius 1 is 1.30 bits per heavy atom. The molecule has 4 rings (SSSR count). The monoisotopic (exact) mass is 428 g/mol. The lowest BCUT2D eigenvalue weighted by atomic mass is 9.85. The molecule has 0 aliphatic carbocycles. The van der Waals surface area contributed by atoms with Crippen molar-refractivity contribution in [3.63, 3.8) is 0 Å². The average molecular weight is 429 g/mol. The van der Waals surface area contributed by atoms with Crippen molar-refractivity contribution in [2.45, 2.75) is 18.9 Å². The van der Waals surface area contributed by atoms with Gasteiger partial charge >= 0.3 is 0 Å². The van der Waals surface area contributed by atoms with Crippen LogP contribution in [-0.2, 0) is 0 Å². The number of benzene rings is 2. The molecule has 1 aliphatic rings. The quantitative estimate of drug-likeness (QED) is 0.533. The number of hydrogen-bond acceptors (Lipinski definition) is 4. The summed E-state index contributed by atoms with van der Waals surface area (Å²) in [6.45, 7) is 1.51. The van der Waals surface area contributed by atoms with Crippen molar-refractivity contribution >= 4 is 29.2 Å². The van der Waals surface area contributed by atoms with E-state index in [1.807, 2.05) is 12.1 Å². The highest BCUT2D eigenvalue weighted by Crippen LogP contribution is 2.35. The summed E-state index contributed by atoms with van der Waals surface area (Å²) in [4.78, 5) is 21.0. The molecule has 1 aliphatic heterocycles. The Bertz CT molecular complexity index is 1110. The molecule has 1 fully saturated rings. The minimum Gasteiger partial charge on any atom is -0.497 e. The van der Waals surface area contributed by atoms with Gasteiger partial charge in [0.15, 0.2) is 4.77 Å². The van der Waals surface area contributed by atoms with E-state index in [1.165, 1.54) is 17.7 Å². The van der Waals surface area contributed by atoms with Gasteiger partial charge in [-0.3, -0.25) is 9.69 Å². The molecule has 0 radical (unpaired) electrons. The zero-order valence-electron chi connectivity index (χ0n) is 17.0. The van der Waals surface area contributed by atoms with E-state index in [9.17, 15) is 9.18 Å². The molecule has 1 amide bonds. The van der Waals surface area contributed by atoms with Crippen LogP contribution in [0.5, 0.6) is 5.75 Å². The predicted molar refractivity (Wildman–Crippen MR) is 117 cm³/mol. The van der Waals surface area contributed by atoms with Gasteiger partial charge in [-0.2, -0.15) is 0 Å². The standard InChI is InChI=1S/C22H25FN4O2S/c1-27-9-3-4-14(20(27)13-5-7-16(29-2)8-6-13)12-24-21(28)17-10-15(23)11-18-19(17)26-22(30)25-18/h5-8,10-11,14,20H,3-4,9,12H2,1-2H3,(H,24,28)(H2,25,26,30). The van der Waals surface area contributed by atoms with E-state index in [2.05, 4.69) is 39.4 Å². The van der Waals surface area contributed by atoms with E-state index in [-0.39, 0.29) is 23.4 Å². The summed E-state index contributed by atoms with van der Waals surface area (Å²) in [6.07, 6.45) is 2.07. The smallest absolute Gasteiger partial charge is 0.253 e. The maximum absolute atomic E-state index is 14.0. The van der Waals surface area contributed by atoms with Gasteiger partial charge in [-0.15, -0.1) is 0 Å². The average Bonchev–Trinajstić information content (AvgIpc) is 3.11. The number of halogens is 1. The van der Waals surface area contributed by atoms with E-state index < -0.39 is 5.82 Å². The number of carbonyl (C=O) groups is 1. The van der Waals surface area contributed by atoms with Gasteiger partial charge in [0, 0.05) is 12.6 Å². The van der Waals surface area contributed by atoms with Crippen LogP contribution in [-0.4, -0.2) is 48.0 Å². The molecule has 0 saturated carbocycles. The van der Waals surface area contributed by atoms with Crippen LogP contribution in [0, 0.1) is 16.5 Å². The maximum atomic E-state index is 14.0. The molecule has 3 aromatic rings. The van der Waals surface area contributed by atoms with Crippen LogP contribution in [0.4, 0.5) is 4.39 Å². The number of ether oxygens (including phenoxy) is 1. The number of carbonyl (C=O) groups excluding carboxylic acids is 1. The fourth-order valence-electron chi connectivity index (χ4n) is 4.41. The molecule has 6 nitrogen and oxygen atoms in total. The third-order valence-electron chi connectivity index (χ3n) is 5.82. The first kappa shape index (κ1) is 20.6. The van der Waals surface area contributed by atoms with Gasteiger partial charge in [0.2, 0.25) is 0 Å². The highest BCUT2D eigenvalue weighted by atomic mass is 32.1. The number of methoxy groups -OCH3 is 1. The number of aromatic amines is 2. The van der Waals surface area contributed by atoms with Gasteiger partial charge in [0.05, 0.1) is 23.7 Å². The van der Waals surface area contributed by atoms with Crippen LogP contribution in [0.3, 0.4) is 0 Å². The van der Waals surface area contributed by atoms with Crippen molar-refractivity contribution in [3.05, 3.63) is 58.1 Å². The third kappa shape index (κ3) is 4.11. The minimum atomic E-state index is -0.480. The van der Waals surface area contributed by atoms with Gasteiger partial charge in [-0.25, -0.2) is 4.39 Å². The highest BCUT2D eigenvalue weighted by molar-refractivity contribution is 7.71. The third-order valence-corrected chi connectivity index (χ3v) is 6.03. The second-order valence-electron chi connectivity index (χ2n) is 7.77. The van der Waals surface area contributed by atoms with E-state index in [0.717, 1.165) is 25.1 Å². The summed E-state index contributed by atoms with van der Waals surface area (Å²) in [7, 11) is 3.76. The molecule has 2 heterocycles. The number of fused-ring (bicyclic) bond motifs is 1. The first-order valence-electron chi connectivity index (χ1n) is 10.00. The lowest BCUT2D eigenvalue weighted by Gasteiger charge is -2.39. The van der Waals surface area contributed by atoms with Gasteiger partial charge in [0.1, 0.15) is 11.6 Å². The van der Waals surface area contributed by atoms with Crippen LogP contribution in [0.2, 0.25) is 0 Å². The predicted octanol–water partition coefficient (Wildman–Crippen LogP) is 4.19. The zero-order chi connectivity index (χ0) is 21.3. The number of likely N-dealkylation sites (tertiary alicyclic amines) is 1. The number of rotatable bonds is 5. The zero-order valence-corrected chi connectivity index (χ0v) is 17.8. The van der Waals surface area contributed by atoms with E-state index in [4.69, 9.17) is 17.0 Å². The number of amides is 1.